The number of methoxy groups -OCH3 is 1. The van der Waals surface area contributed by atoms with Gasteiger partial charge in [0.25, 0.3) is 11.1 Å². The van der Waals surface area contributed by atoms with Crippen LogP contribution in [0.25, 0.3) is 23.9 Å². The van der Waals surface area contributed by atoms with Gasteiger partial charge in [-0.2, -0.15) is 0 Å². The van der Waals surface area contributed by atoms with Crippen LogP contribution in [-0.4, -0.2) is 76.8 Å². The molecule has 5 heterocycles. The Morgan fingerprint density at radius 1 is 0.863 bits per heavy atom. The molecule has 2 fully saturated rings. The zero-order valence-electron chi connectivity index (χ0n) is 28.2. The molecule has 16 nitrogen and oxygen atoms in total. The molecule has 4 aromatic rings. The first-order valence-electron chi connectivity index (χ1n) is 16.2. The fraction of sp³-hybridized carbons (Fsp3) is 0.371. The maximum absolute atomic E-state index is 12.3. The summed E-state index contributed by atoms with van der Waals surface area (Å²) >= 11 is 0. The van der Waals surface area contributed by atoms with Crippen LogP contribution >= 0.6 is 0 Å². The summed E-state index contributed by atoms with van der Waals surface area (Å²) in [5.74, 6) is 3.26. The monoisotopic (exact) mass is 701 g/mol. The van der Waals surface area contributed by atoms with Crippen molar-refractivity contribution in [2.75, 3.05) is 20.3 Å². The molecule has 2 saturated heterocycles. The van der Waals surface area contributed by atoms with E-state index in [1.165, 1.54) is 33.7 Å². The fourth-order valence-electron chi connectivity index (χ4n) is 5.72. The van der Waals surface area contributed by atoms with Gasteiger partial charge in [0.1, 0.15) is 23.9 Å². The Labute approximate surface area is 291 Å². The molecule has 0 unspecified atom stereocenters. The SMILES string of the molecule is C#C/C=C/c1cn([C@H]2C[C@@H](C)[C@@H](CO)O2)c(=O)[nH]c1=O.COc1ccc(-n2cc(/C=C/c3cn([C@H]4C[C@@H](C)[C@@H](CO)O4)c(=O)[nH]c3=O)nn2)cc1. The van der Waals surface area contributed by atoms with E-state index in [0.29, 0.717) is 18.5 Å². The maximum Gasteiger partial charge on any atom is 0.330 e. The summed E-state index contributed by atoms with van der Waals surface area (Å²) in [6.45, 7) is 3.67. The minimum atomic E-state index is -0.552. The average Bonchev–Trinajstić information content (AvgIpc) is 3.86. The third-order valence-corrected chi connectivity index (χ3v) is 8.69. The molecule has 0 saturated carbocycles. The Hall–Kier alpha value is -5.60. The van der Waals surface area contributed by atoms with E-state index < -0.39 is 35.0 Å². The van der Waals surface area contributed by atoms with Gasteiger partial charge >= 0.3 is 11.4 Å². The molecule has 2 aliphatic heterocycles. The Balaban J connectivity index is 0.000000218. The van der Waals surface area contributed by atoms with Gasteiger partial charge in [-0.15, -0.1) is 11.5 Å². The van der Waals surface area contributed by atoms with E-state index in [0.717, 1.165) is 11.4 Å². The quantitative estimate of drug-likeness (QED) is 0.183. The van der Waals surface area contributed by atoms with Crippen molar-refractivity contribution in [3.05, 3.63) is 107 Å². The van der Waals surface area contributed by atoms with Gasteiger partial charge in [-0.3, -0.25) is 28.7 Å². The van der Waals surface area contributed by atoms with E-state index in [1.807, 2.05) is 38.1 Å². The van der Waals surface area contributed by atoms with Crippen molar-refractivity contribution < 1.29 is 24.4 Å². The van der Waals surface area contributed by atoms with Gasteiger partial charge in [-0.05, 0) is 73.2 Å². The van der Waals surface area contributed by atoms with Crippen molar-refractivity contribution in [1.29, 1.82) is 0 Å². The van der Waals surface area contributed by atoms with Gasteiger partial charge in [-0.25, -0.2) is 14.3 Å². The number of allylic oxidation sites excluding steroid dienone is 1. The number of aromatic nitrogens is 7. The zero-order valence-corrected chi connectivity index (χ0v) is 28.2. The Morgan fingerprint density at radius 2 is 1.39 bits per heavy atom. The number of nitrogens with zero attached hydrogens (tertiary/aromatic N) is 5. The molecule has 1 aromatic carbocycles. The van der Waals surface area contributed by atoms with Crippen LogP contribution in [0.5, 0.6) is 5.75 Å². The van der Waals surface area contributed by atoms with E-state index in [-0.39, 0.29) is 48.4 Å². The standard InChI is InChI=1S/C21H23N5O5.C14H16N2O4/c1-13-9-19(31-18(13)12-27)25-10-14(20(28)22-21(25)29)3-4-15-11-26(24-23-15)16-5-7-17(30-2)8-6-16;1-3-4-5-10-7-16(14(19)15-13(10)18)12-6-9(2)11(8-17)20-12/h3-8,10-11,13,18-19,27H,9,12H2,1-2H3,(H,22,28,29);1,4-5,7,9,11-12,17H,6,8H2,2H3,(H,15,18,19)/b4-3+;5-4+/t13-,18-,19-;9-,11-,12-/m11/s1. The van der Waals surface area contributed by atoms with Gasteiger partial charge in [0.05, 0.1) is 55.5 Å². The summed E-state index contributed by atoms with van der Waals surface area (Å²) in [7, 11) is 1.60. The predicted molar refractivity (Wildman–Crippen MR) is 187 cm³/mol. The van der Waals surface area contributed by atoms with Crippen molar-refractivity contribution in [2.45, 2.75) is 51.4 Å². The zero-order chi connectivity index (χ0) is 36.7. The molecule has 268 valence electrons. The lowest BCUT2D eigenvalue weighted by Crippen LogP contribution is -2.33. The molecule has 0 bridgehead atoms. The number of terminal acetylenes is 1. The second-order valence-electron chi connectivity index (χ2n) is 12.2. The maximum atomic E-state index is 12.3. The highest BCUT2D eigenvalue weighted by Crippen LogP contribution is 2.33. The largest absolute Gasteiger partial charge is 0.497 e. The van der Waals surface area contributed by atoms with Crippen LogP contribution in [-0.2, 0) is 9.47 Å². The number of nitrogens with one attached hydrogen (secondary N) is 2. The van der Waals surface area contributed by atoms with Crippen LogP contribution in [0.2, 0.25) is 0 Å². The lowest BCUT2D eigenvalue weighted by Gasteiger charge is -2.15. The molecule has 0 aliphatic carbocycles. The highest BCUT2D eigenvalue weighted by atomic mass is 16.5. The number of benzene rings is 1. The van der Waals surface area contributed by atoms with Crippen molar-refractivity contribution in [3.63, 3.8) is 0 Å². The topological polar surface area (TPSA) is 209 Å². The van der Waals surface area contributed by atoms with Crippen molar-refractivity contribution in [1.82, 2.24) is 34.1 Å². The number of aromatic amines is 2. The second kappa shape index (κ2) is 16.4. The molecule has 6 atom stereocenters. The number of H-pyrrole nitrogens is 2. The van der Waals surface area contributed by atoms with E-state index in [2.05, 4.69) is 26.2 Å². The van der Waals surface area contributed by atoms with Crippen LogP contribution in [0.4, 0.5) is 0 Å². The van der Waals surface area contributed by atoms with E-state index in [9.17, 15) is 29.4 Å². The Bertz CT molecular complexity index is 2150. The summed E-state index contributed by atoms with van der Waals surface area (Å²) in [4.78, 5) is 52.5. The van der Waals surface area contributed by atoms with Crippen LogP contribution in [0.3, 0.4) is 0 Å². The molecule has 16 heteroatoms. The van der Waals surface area contributed by atoms with Gasteiger partial charge in [0.15, 0.2) is 0 Å². The number of rotatable bonds is 9. The highest BCUT2D eigenvalue weighted by molar-refractivity contribution is 5.66. The molecule has 2 aliphatic rings. The first kappa shape index (κ1) is 36.7. The molecular weight excluding hydrogens is 662 g/mol. The summed E-state index contributed by atoms with van der Waals surface area (Å²) < 4.78 is 20.8. The third kappa shape index (κ3) is 8.59. The molecular formula is C35H39N7O9. The minimum absolute atomic E-state index is 0.0976. The van der Waals surface area contributed by atoms with Crippen molar-refractivity contribution in [3.8, 4) is 23.8 Å². The van der Waals surface area contributed by atoms with E-state index in [4.69, 9.17) is 20.6 Å². The van der Waals surface area contributed by atoms with Gasteiger partial charge in [0, 0.05) is 12.4 Å². The number of hydrogen-bond donors (Lipinski definition) is 4. The molecule has 51 heavy (non-hydrogen) atoms. The normalized spacial score (nSPS) is 23.0. The number of hydrogen-bond acceptors (Lipinski definition) is 11. The fourth-order valence-corrected chi connectivity index (χ4v) is 5.72. The lowest BCUT2D eigenvalue weighted by atomic mass is 10.0. The van der Waals surface area contributed by atoms with Crippen LogP contribution < -0.4 is 27.2 Å². The number of ether oxygens (including phenoxy) is 3. The van der Waals surface area contributed by atoms with Crippen LogP contribution in [0.15, 0.2) is 68.1 Å². The molecule has 0 spiro atoms. The summed E-state index contributed by atoms with van der Waals surface area (Å²) in [5, 5.41) is 26.7. The smallest absolute Gasteiger partial charge is 0.330 e. The summed E-state index contributed by atoms with van der Waals surface area (Å²) in [5.41, 5.74) is -0.183. The summed E-state index contributed by atoms with van der Waals surface area (Å²) in [6.07, 6.45) is 15.2. The minimum Gasteiger partial charge on any atom is -0.497 e. The second-order valence-corrected chi connectivity index (χ2v) is 12.2. The van der Waals surface area contributed by atoms with Crippen molar-refractivity contribution in [2.24, 2.45) is 11.8 Å². The Morgan fingerprint density at radius 3 is 1.86 bits per heavy atom. The van der Waals surface area contributed by atoms with Gasteiger partial charge in [0.2, 0.25) is 0 Å². The molecule has 0 amide bonds. The van der Waals surface area contributed by atoms with Gasteiger partial charge in [-0.1, -0.05) is 25.0 Å². The number of aliphatic hydroxyl groups is 2. The van der Waals surface area contributed by atoms with Crippen molar-refractivity contribution >= 4 is 18.2 Å². The molecule has 4 N–H and O–H groups in total. The van der Waals surface area contributed by atoms with E-state index in [1.54, 1.807) is 30.1 Å². The lowest BCUT2D eigenvalue weighted by molar-refractivity contribution is -0.0313. The van der Waals surface area contributed by atoms with Crippen LogP contribution in [0, 0.1) is 24.2 Å². The molecule has 6 rings (SSSR count). The summed E-state index contributed by atoms with van der Waals surface area (Å²) in [6, 6.07) is 7.35. The molecule has 3 aromatic heterocycles. The highest BCUT2D eigenvalue weighted by Gasteiger charge is 2.34. The first-order valence-corrected chi connectivity index (χ1v) is 16.2. The predicted octanol–water partition coefficient (Wildman–Crippen LogP) is 1.31. The van der Waals surface area contributed by atoms with Crippen LogP contribution in [0.1, 0.15) is 56.0 Å². The van der Waals surface area contributed by atoms with Gasteiger partial charge < -0.3 is 24.4 Å². The molecule has 0 radical (unpaired) electrons. The third-order valence-electron chi connectivity index (χ3n) is 8.69. The van der Waals surface area contributed by atoms with E-state index >= 15 is 0 Å². The number of aliphatic hydroxyl groups excluding tert-OH is 2. The Kier molecular flexibility index (Phi) is 11.8. The average molecular weight is 702 g/mol. The first-order chi connectivity index (χ1) is 24.5.